The molecule has 1 heterocycles. The van der Waals surface area contributed by atoms with E-state index in [0.29, 0.717) is 0 Å². The standard InChI is InChI=1S/C13H10ClF2NO2S/c14-7-4-5-20-12(7)13(19)17-10(6-18)11-8(15)2-1-3-9(11)16/h1-5,10,18H,6H2,(H,17,19). The molecule has 3 nitrogen and oxygen atoms in total. The van der Waals surface area contributed by atoms with Crippen molar-refractivity contribution >= 4 is 28.8 Å². The number of carbonyl (C=O) groups is 1. The third kappa shape index (κ3) is 2.98. The van der Waals surface area contributed by atoms with Gasteiger partial charge in [-0.1, -0.05) is 17.7 Å². The first kappa shape index (κ1) is 14.9. The summed E-state index contributed by atoms with van der Waals surface area (Å²) >= 11 is 6.91. The summed E-state index contributed by atoms with van der Waals surface area (Å²) in [6, 6.07) is 3.69. The third-order valence-electron chi connectivity index (χ3n) is 2.66. The molecule has 1 amide bonds. The van der Waals surface area contributed by atoms with E-state index in [4.69, 9.17) is 11.6 Å². The first-order valence-corrected chi connectivity index (χ1v) is 6.89. The summed E-state index contributed by atoms with van der Waals surface area (Å²) in [5.41, 5.74) is -0.379. The molecule has 2 aromatic rings. The zero-order valence-corrected chi connectivity index (χ0v) is 11.6. The Morgan fingerprint density at radius 3 is 2.50 bits per heavy atom. The van der Waals surface area contributed by atoms with Crippen molar-refractivity contribution in [2.45, 2.75) is 6.04 Å². The van der Waals surface area contributed by atoms with Crippen LogP contribution in [0.4, 0.5) is 8.78 Å². The molecule has 106 valence electrons. The highest BCUT2D eigenvalue weighted by Crippen LogP contribution is 2.24. The second kappa shape index (κ2) is 6.30. The van der Waals surface area contributed by atoms with Crippen molar-refractivity contribution in [2.24, 2.45) is 0 Å². The molecule has 7 heteroatoms. The van der Waals surface area contributed by atoms with Gasteiger partial charge in [0, 0.05) is 5.56 Å². The Morgan fingerprint density at radius 1 is 1.35 bits per heavy atom. The number of halogens is 3. The maximum absolute atomic E-state index is 13.6. The number of hydrogen-bond acceptors (Lipinski definition) is 3. The fourth-order valence-electron chi connectivity index (χ4n) is 1.73. The molecular formula is C13H10ClF2NO2S. The fourth-order valence-corrected chi connectivity index (χ4v) is 2.78. The highest BCUT2D eigenvalue weighted by Gasteiger charge is 2.23. The SMILES string of the molecule is O=C(NC(CO)c1c(F)cccc1F)c1sccc1Cl. The molecule has 0 aliphatic heterocycles. The summed E-state index contributed by atoms with van der Waals surface area (Å²) in [6.45, 7) is -0.632. The van der Waals surface area contributed by atoms with Gasteiger partial charge < -0.3 is 10.4 Å². The summed E-state index contributed by atoms with van der Waals surface area (Å²) in [7, 11) is 0. The Morgan fingerprint density at radius 2 is 2.00 bits per heavy atom. The Labute approximate surface area is 122 Å². The summed E-state index contributed by atoms with van der Waals surface area (Å²) < 4.78 is 27.3. The second-order valence-electron chi connectivity index (χ2n) is 3.94. The number of thiophene rings is 1. The molecular weight excluding hydrogens is 308 g/mol. The molecule has 2 rings (SSSR count). The summed E-state index contributed by atoms with van der Waals surface area (Å²) in [5.74, 6) is -2.25. The van der Waals surface area contributed by atoms with Crippen LogP contribution in [0.3, 0.4) is 0 Å². The van der Waals surface area contributed by atoms with Gasteiger partial charge in [-0.15, -0.1) is 11.3 Å². The number of nitrogens with one attached hydrogen (secondary N) is 1. The van der Waals surface area contributed by atoms with Crippen molar-refractivity contribution in [3.63, 3.8) is 0 Å². The fraction of sp³-hybridized carbons (Fsp3) is 0.154. The number of amides is 1. The topological polar surface area (TPSA) is 49.3 Å². The van der Waals surface area contributed by atoms with E-state index in [9.17, 15) is 18.7 Å². The van der Waals surface area contributed by atoms with Crippen LogP contribution in [0.15, 0.2) is 29.6 Å². The van der Waals surface area contributed by atoms with Gasteiger partial charge in [0.25, 0.3) is 5.91 Å². The second-order valence-corrected chi connectivity index (χ2v) is 5.26. The molecule has 20 heavy (non-hydrogen) atoms. The van der Waals surface area contributed by atoms with Crippen LogP contribution in [-0.4, -0.2) is 17.6 Å². The van der Waals surface area contributed by atoms with Crippen LogP contribution in [0.5, 0.6) is 0 Å². The van der Waals surface area contributed by atoms with Gasteiger partial charge in [-0.3, -0.25) is 4.79 Å². The number of aliphatic hydroxyl groups is 1. The lowest BCUT2D eigenvalue weighted by Crippen LogP contribution is -2.31. The van der Waals surface area contributed by atoms with Crippen LogP contribution in [0.25, 0.3) is 0 Å². The van der Waals surface area contributed by atoms with Gasteiger partial charge >= 0.3 is 0 Å². The van der Waals surface area contributed by atoms with Crippen molar-refractivity contribution in [1.29, 1.82) is 0 Å². The monoisotopic (exact) mass is 317 g/mol. The number of rotatable bonds is 4. The Hall–Kier alpha value is -1.50. The molecule has 0 aliphatic rings. The lowest BCUT2D eigenvalue weighted by atomic mass is 10.1. The van der Waals surface area contributed by atoms with E-state index in [1.165, 1.54) is 6.07 Å². The molecule has 0 saturated heterocycles. The van der Waals surface area contributed by atoms with Crippen LogP contribution >= 0.6 is 22.9 Å². The van der Waals surface area contributed by atoms with Crippen LogP contribution in [0, 0.1) is 11.6 Å². The Kier molecular flexibility index (Phi) is 4.69. The van der Waals surface area contributed by atoms with Crippen molar-refractivity contribution in [1.82, 2.24) is 5.32 Å². The van der Waals surface area contributed by atoms with Crippen LogP contribution in [-0.2, 0) is 0 Å². The molecule has 1 aromatic carbocycles. The van der Waals surface area contributed by atoms with Crippen molar-refractivity contribution in [3.8, 4) is 0 Å². The van der Waals surface area contributed by atoms with Crippen LogP contribution in [0.2, 0.25) is 5.02 Å². The molecule has 0 spiro atoms. The van der Waals surface area contributed by atoms with Crippen molar-refractivity contribution in [3.05, 3.63) is 56.7 Å². The summed E-state index contributed by atoms with van der Waals surface area (Å²) in [6.07, 6.45) is 0. The molecule has 1 unspecified atom stereocenters. The van der Waals surface area contributed by atoms with Gasteiger partial charge in [-0.2, -0.15) is 0 Å². The van der Waals surface area contributed by atoms with Crippen LogP contribution < -0.4 is 5.32 Å². The average Bonchev–Trinajstić information content (AvgIpc) is 2.83. The summed E-state index contributed by atoms with van der Waals surface area (Å²) in [5, 5.41) is 13.5. The van der Waals surface area contributed by atoms with E-state index in [0.717, 1.165) is 23.5 Å². The number of aliphatic hydroxyl groups excluding tert-OH is 1. The van der Waals surface area contributed by atoms with Gasteiger partial charge in [0.05, 0.1) is 17.7 Å². The Bertz CT molecular complexity index is 612. The van der Waals surface area contributed by atoms with Gasteiger partial charge in [-0.05, 0) is 23.6 Å². The lowest BCUT2D eigenvalue weighted by Gasteiger charge is -2.17. The first-order chi connectivity index (χ1) is 9.54. The van der Waals surface area contributed by atoms with E-state index >= 15 is 0 Å². The van der Waals surface area contributed by atoms with E-state index in [1.54, 1.807) is 11.4 Å². The maximum atomic E-state index is 13.6. The molecule has 1 aromatic heterocycles. The predicted molar refractivity (Wildman–Crippen MR) is 73.0 cm³/mol. The zero-order valence-electron chi connectivity index (χ0n) is 10.1. The smallest absolute Gasteiger partial charge is 0.263 e. The van der Waals surface area contributed by atoms with Gasteiger partial charge in [0.1, 0.15) is 16.5 Å². The highest BCUT2D eigenvalue weighted by atomic mass is 35.5. The molecule has 2 N–H and O–H groups in total. The number of benzene rings is 1. The predicted octanol–water partition coefficient (Wildman–Crippen LogP) is 3.14. The third-order valence-corrected chi connectivity index (χ3v) is 4.00. The Balaban J connectivity index is 2.26. The first-order valence-electron chi connectivity index (χ1n) is 5.63. The normalized spacial score (nSPS) is 12.2. The number of carbonyl (C=O) groups excluding carboxylic acids is 1. The quantitative estimate of drug-likeness (QED) is 0.910. The maximum Gasteiger partial charge on any atom is 0.263 e. The molecule has 1 atom stereocenters. The van der Waals surface area contributed by atoms with Gasteiger partial charge in [0.2, 0.25) is 0 Å². The van der Waals surface area contributed by atoms with Gasteiger partial charge in [0.15, 0.2) is 0 Å². The summed E-state index contributed by atoms with van der Waals surface area (Å²) in [4.78, 5) is 12.2. The van der Waals surface area contributed by atoms with Crippen molar-refractivity contribution < 1.29 is 18.7 Å². The minimum absolute atomic E-state index is 0.224. The van der Waals surface area contributed by atoms with E-state index in [-0.39, 0.29) is 15.5 Å². The minimum Gasteiger partial charge on any atom is -0.394 e. The van der Waals surface area contributed by atoms with Crippen LogP contribution in [0.1, 0.15) is 21.3 Å². The zero-order chi connectivity index (χ0) is 14.7. The molecule has 0 saturated carbocycles. The van der Waals surface area contributed by atoms with E-state index in [1.807, 2.05) is 0 Å². The lowest BCUT2D eigenvalue weighted by molar-refractivity contribution is 0.0918. The minimum atomic E-state index is -1.18. The molecule has 0 aliphatic carbocycles. The van der Waals surface area contributed by atoms with Gasteiger partial charge in [-0.25, -0.2) is 8.78 Å². The highest BCUT2D eigenvalue weighted by molar-refractivity contribution is 7.12. The molecule has 0 fully saturated rings. The van der Waals surface area contributed by atoms with Crippen molar-refractivity contribution in [2.75, 3.05) is 6.61 Å². The molecule has 0 bridgehead atoms. The van der Waals surface area contributed by atoms with E-state index < -0.39 is 30.2 Å². The molecule has 0 radical (unpaired) electrons. The largest absolute Gasteiger partial charge is 0.394 e. The van der Waals surface area contributed by atoms with E-state index in [2.05, 4.69) is 5.32 Å². The number of hydrogen-bond donors (Lipinski definition) is 2. The average molecular weight is 318 g/mol.